The van der Waals surface area contributed by atoms with E-state index in [-0.39, 0.29) is 23.7 Å². The monoisotopic (exact) mass is 361 g/mol. The molecule has 25 heavy (non-hydrogen) atoms. The summed E-state index contributed by atoms with van der Waals surface area (Å²) in [6, 6.07) is 5.77. The zero-order valence-corrected chi connectivity index (χ0v) is 15.5. The smallest absolute Gasteiger partial charge is 0.226 e. The Morgan fingerprint density at radius 3 is 2.80 bits per heavy atom. The molecule has 2 unspecified atom stereocenters. The number of ether oxygens (including phenoxy) is 1. The normalized spacial score (nSPS) is 25.7. The van der Waals surface area contributed by atoms with E-state index in [4.69, 9.17) is 16.3 Å². The molecule has 5 heteroatoms. The first-order valence-electron chi connectivity index (χ1n) is 8.84. The van der Waals surface area contributed by atoms with Gasteiger partial charge in [-0.15, -0.1) is 0 Å². The van der Waals surface area contributed by atoms with Gasteiger partial charge in [-0.05, 0) is 55.9 Å². The van der Waals surface area contributed by atoms with Crippen LogP contribution in [0.2, 0.25) is 5.02 Å². The first-order valence-corrected chi connectivity index (χ1v) is 9.22. The molecule has 1 saturated heterocycles. The number of amides is 1. The van der Waals surface area contributed by atoms with E-state index in [0.717, 1.165) is 36.3 Å². The van der Waals surface area contributed by atoms with Crippen molar-refractivity contribution in [2.75, 3.05) is 13.7 Å². The number of nitrogens with zero attached hydrogens (tertiary/aromatic N) is 1. The lowest BCUT2D eigenvalue weighted by atomic mass is 9.88. The Kier molecular flexibility index (Phi) is 5.48. The molecule has 1 aliphatic heterocycles. The lowest BCUT2D eigenvalue weighted by Gasteiger charge is -2.32. The zero-order chi connectivity index (χ0) is 18.0. The summed E-state index contributed by atoms with van der Waals surface area (Å²) in [5.41, 5.74) is 1.85. The van der Waals surface area contributed by atoms with Crippen LogP contribution < -0.4 is 4.74 Å². The maximum Gasteiger partial charge on any atom is 0.226 e. The molecular formula is C20H24ClNO3. The van der Waals surface area contributed by atoms with Crippen LogP contribution in [0, 0.1) is 5.92 Å². The summed E-state index contributed by atoms with van der Waals surface area (Å²) in [7, 11) is 1.61. The third-order valence-corrected chi connectivity index (χ3v) is 5.74. The van der Waals surface area contributed by atoms with Crippen LogP contribution in [-0.2, 0) is 16.0 Å². The van der Waals surface area contributed by atoms with E-state index in [2.05, 4.69) is 0 Å². The summed E-state index contributed by atoms with van der Waals surface area (Å²) < 4.78 is 5.17. The number of hydrogen-bond acceptors (Lipinski definition) is 3. The molecule has 1 heterocycles. The first kappa shape index (κ1) is 18.0. The topological polar surface area (TPSA) is 46.6 Å². The highest BCUT2D eigenvalue weighted by Crippen LogP contribution is 2.33. The Balaban J connectivity index is 1.67. The number of halogens is 1. The maximum atomic E-state index is 12.9. The van der Waals surface area contributed by atoms with Crippen molar-refractivity contribution in [2.45, 2.75) is 45.1 Å². The summed E-state index contributed by atoms with van der Waals surface area (Å²) in [5.74, 6) is 1.12. The van der Waals surface area contributed by atoms with Crippen molar-refractivity contribution in [1.82, 2.24) is 4.90 Å². The van der Waals surface area contributed by atoms with E-state index >= 15 is 0 Å². The zero-order valence-electron chi connectivity index (χ0n) is 14.8. The molecule has 134 valence electrons. The standard InChI is InChI=1S/C20H24ClNO3/c1-3-13-11-16(5-7-19(13)23)22-9-8-15(20(22)24)10-14-4-6-17(25-2)12-18(14)21/h3-4,6,12,15-16H,5,7-11H2,1-2H3/b13-3+. The molecule has 0 aromatic heterocycles. The predicted molar refractivity (Wildman–Crippen MR) is 97.9 cm³/mol. The van der Waals surface area contributed by atoms with Crippen LogP contribution in [0.25, 0.3) is 0 Å². The van der Waals surface area contributed by atoms with Gasteiger partial charge >= 0.3 is 0 Å². The highest BCUT2D eigenvalue weighted by atomic mass is 35.5. The number of carbonyl (C=O) groups excluding carboxylic acids is 2. The second-order valence-corrected chi connectivity index (χ2v) is 7.22. The minimum atomic E-state index is -0.0300. The molecule has 3 rings (SSSR count). The second kappa shape index (κ2) is 7.61. The van der Waals surface area contributed by atoms with Crippen molar-refractivity contribution < 1.29 is 14.3 Å². The quantitative estimate of drug-likeness (QED) is 0.766. The molecule has 1 amide bonds. The minimum absolute atomic E-state index is 0.0300. The van der Waals surface area contributed by atoms with E-state index in [0.29, 0.717) is 24.3 Å². The van der Waals surface area contributed by atoms with E-state index < -0.39 is 0 Å². The molecule has 0 bridgehead atoms. The van der Waals surface area contributed by atoms with Gasteiger partial charge in [-0.2, -0.15) is 0 Å². The number of benzene rings is 1. The van der Waals surface area contributed by atoms with Crippen molar-refractivity contribution in [1.29, 1.82) is 0 Å². The van der Waals surface area contributed by atoms with Gasteiger partial charge in [0.2, 0.25) is 5.91 Å². The Bertz CT molecular complexity index is 713. The van der Waals surface area contributed by atoms with Crippen LogP contribution in [0.15, 0.2) is 29.8 Å². The van der Waals surface area contributed by atoms with E-state index in [1.54, 1.807) is 13.2 Å². The van der Waals surface area contributed by atoms with Gasteiger partial charge in [0.1, 0.15) is 5.75 Å². The lowest BCUT2D eigenvalue weighted by molar-refractivity contribution is -0.134. The molecule has 1 aliphatic carbocycles. The first-order chi connectivity index (χ1) is 12.0. The number of ketones is 1. The second-order valence-electron chi connectivity index (χ2n) is 6.81. The Labute approximate surface area is 153 Å². The Morgan fingerprint density at radius 1 is 1.32 bits per heavy atom. The highest BCUT2D eigenvalue weighted by Gasteiger charge is 2.38. The van der Waals surface area contributed by atoms with Gasteiger partial charge in [-0.1, -0.05) is 23.7 Å². The van der Waals surface area contributed by atoms with Crippen molar-refractivity contribution >= 4 is 23.3 Å². The summed E-state index contributed by atoms with van der Waals surface area (Å²) in [6.07, 6.45) is 5.40. The molecule has 0 spiro atoms. The summed E-state index contributed by atoms with van der Waals surface area (Å²) in [6.45, 7) is 2.67. The van der Waals surface area contributed by atoms with Gasteiger partial charge in [0.05, 0.1) is 7.11 Å². The van der Waals surface area contributed by atoms with Crippen molar-refractivity contribution in [2.24, 2.45) is 5.92 Å². The van der Waals surface area contributed by atoms with Gasteiger partial charge in [0.15, 0.2) is 5.78 Å². The Morgan fingerprint density at radius 2 is 2.12 bits per heavy atom. The number of hydrogen-bond donors (Lipinski definition) is 0. The maximum absolute atomic E-state index is 12.9. The van der Waals surface area contributed by atoms with Gasteiger partial charge in [0, 0.05) is 29.9 Å². The molecule has 1 saturated carbocycles. The number of carbonyl (C=O) groups is 2. The van der Waals surface area contributed by atoms with Crippen LogP contribution >= 0.6 is 11.6 Å². The summed E-state index contributed by atoms with van der Waals surface area (Å²) >= 11 is 6.32. The Hall–Kier alpha value is -1.81. The fourth-order valence-electron chi connectivity index (χ4n) is 3.87. The van der Waals surface area contributed by atoms with E-state index in [1.165, 1.54) is 0 Å². The number of allylic oxidation sites excluding steroid dienone is 1. The largest absolute Gasteiger partial charge is 0.497 e. The molecule has 0 radical (unpaired) electrons. The predicted octanol–water partition coefficient (Wildman–Crippen LogP) is 3.81. The van der Waals surface area contributed by atoms with Gasteiger partial charge in [-0.3, -0.25) is 9.59 Å². The molecule has 0 N–H and O–H groups in total. The van der Waals surface area contributed by atoms with Crippen LogP contribution in [-0.4, -0.2) is 36.3 Å². The van der Waals surface area contributed by atoms with Gasteiger partial charge in [-0.25, -0.2) is 0 Å². The molecule has 1 aromatic carbocycles. The fraction of sp³-hybridized carbons (Fsp3) is 0.500. The number of methoxy groups -OCH3 is 1. The van der Waals surface area contributed by atoms with Crippen LogP contribution in [0.4, 0.5) is 0 Å². The molecule has 2 fully saturated rings. The SMILES string of the molecule is C/C=C1\CC(N2CCC(Cc3ccc(OC)cc3Cl)C2=O)CCC1=O. The third kappa shape index (κ3) is 3.74. The van der Waals surface area contributed by atoms with Crippen molar-refractivity contribution in [3.8, 4) is 5.75 Å². The molecule has 2 aliphatic rings. The minimum Gasteiger partial charge on any atom is -0.497 e. The number of Topliss-reactive ketones (excluding diaryl/α,β-unsaturated/α-hetero) is 1. The van der Waals surface area contributed by atoms with E-state index in [1.807, 2.05) is 30.0 Å². The molecule has 1 aromatic rings. The average Bonchev–Trinajstić information content (AvgIpc) is 2.98. The van der Waals surface area contributed by atoms with Crippen LogP contribution in [0.5, 0.6) is 5.75 Å². The summed E-state index contributed by atoms with van der Waals surface area (Å²) in [5, 5.41) is 0.644. The molecule has 2 atom stereocenters. The molecule has 4 nitrogen and oxygen atoms in total. The molecular weight excluding hydrogens is 338 g/mol. The fourth-order valence-corrected chi connectivity index (χ4v) is 4.12. The number of rotatable bonds is 4. The summed E-state index contributed by atoms with van der Waals surface area (Å²) in [4.78, 5) is 26.7. The number of likely N-dealkylation sites (tertiary alicyclic amines) is 1. The lowest BCUT2D eigenvalue weighted by Crippen LogP contribution is -2.41. The third-order valence-electron chi connectivity index (χ3n) is 5.38. The van der Waals surface area contributed by atoms with Crippen LogP contribution in [0.1, 0.15) is 38.2 Å². The van der Waals surface area contributed by atoms with Crippen molar-refractivity contribution in [3.05, 3.63) is 40.4 Å². The van der Waals surface area contributed by atoms with Crippen molar-refractivity contribution in [3.63, 3.8) is 0 Å². The van der Waals surface area contributed by atoms with E-state index in [9.17, 15) is 9.59 Å². The van der Waals surface area contributed by atoms with Gasteiger partial charge in [0.25, 0.3) is 0 Å². The van der Waals surface area contributed by atoms with Gasteiger partial charge < -0.3 is 9.64 Å². The average molecular weight is 362 g/mol. The highest BCUT2D eigenvalue weighted by molar-refractivity contribution is 6.31. The van der Waals surface area contributed by atoms with Crippen LogP contribution in [0.3, 0.4) is 0 Å².